The Labute approximate surface area is 170 Å². The van der Waals surface area contributed by atoms with Gasteiger partial charge in [-0.2, -0.15) is 0 Å². The quantitative estimate of drug-likeness (QED) is 0.431. The van der Waals surface area contributed by atoms with Gasteiger partial charge in [0, 0.05) is 22.8 Å². The summed E-state index contributed by atoms with van der Waals surface area (Å²) in [4.78, 5) is 16.6. The van der Waals surface area contributed by atoms with Gasteiger partial charge in [0.15, 0.2) is 0 Å². The van der Waals surface area contributed by atoms with Crippen molar-refractivity contribution < 1.29 is 13.6 Å². The van der Waals surface area contributed by atoms with Gasteiger partial charge in [-0.1, -0.05) is 30.3 Å². The highest BCUT2D eigenvalue weighted by Gasteiger charge is 2.17. The smallest absolute Gasteiger partial charge is 0.261 e. The van der Waals surface area contributed by atoms with E-state index >= 15 is 0 Å². The Morgan fingerprint density at radius 3 is 2.31 bits per heavy atom. The Balaban J connectivity index is 1.59. The number of aromatic nitrogens is 1. The third-order valence-electron chi connectivity index (χ3n) is 4.56. The van der Waals surface area contributed by atoms with Gasteiger partial charge < -0.3 is 5.32 Å². The first-order valence-electron chi connectivity index (χ1n) is 8.89. The molecule has 4 aromatic rings. The minimum atomic E-state index is -0.895. The number of anilines is 1. The number of amides is 1. The van der Waals surface area contributed by atoms with Gasteiger partial charge in [-0.3, -0.25) is 4.79 Å². The molecule has 0 saturated heterocycles. The number of hydrogen-bond donors (Lipinski definition) is 1. The van der Waals surface area contributed by atoms with Crippen LogP contribution in [-0.4, -0.2) is 10.9 Å². The SMILES string of the molecule is Cc1ccc(-c2nccs2)cc1-c1ccc(NC(=O)c2c(F)cccc2F)cc1. The first-order valence-corrected chi connectivity index (χ1v) is 9.77. The molecular formula is C23H16F2N2OS. The maximum atomic E-state index is 13.8. The molecule has 0 saturated carbocycles. The lowest BCUT2D eigenvalue weighted by molar-refractivity contribution is 0.101. The molecule has 0 fully saturated rings. The van der Waals surface area contributed by atoms with E-state index in [1.54, 1.807) is 29.7 Å². The fraction of sp³-hybridized carbons (Fsp3) is 0.0435. The Kier molecular flexibility index (Phi) is 5.18. The molecule has 0 unspecified atom stereocenters. The van der Waals surface area contributed by atoms with Crippen LogP contribution in [0.4, 0.5) is 14.5 Å². The molecule has 0 atom stereocenters. The van der Waals surface area contributed by atoms with Gasteiger partial charge in [0.2, 0.25) is 0 Å². The molecule has 0 radical (unpaired) electrons. The molecule has 3 nitrogen and oxygen atoms in total. The van der Waals surface area contributed by atoms with Crippen molar-refractivity contribution in [3.05, 3.63) is 95.0 Å². The Bertz CT molecular complexity index is 1150. The van der Waals surface area contributed by atoms with Gasteiger partial charge in [0.05, 0.1) is 0 Å². The second-order valence-electron chi connectivity index (χ2n) is 6.50. The highest BCUT2D eigenvalue weighted by molar-refractivity contribution is 7.13. The molecule has 0 aliphatic carbocycles. The molecule has 0 aliphatic heterocycles. The van der Waals surface area contributed by atoms with E-state index in [0.29, 0.717) is 5.69 Å². The minimum Gasteiger partial charge on any atom is -0.322 e. The van der Waals surface area contributed by atoms with E-state index in [2.05, 4.69) is 16.4 Å². The molecule has 4 rings (SSSR count). The number of carbonyl (C=O) groups excluding carboxylic acids is 1. The largest absolute Gasteiger partial charge is 0.322 e. The van der Waals surface area contributed by atoms with Crippen LogP contribution in [0, 0.1) is 18.6 Å². The maximum Gasteiger partial charge on any atom is 0.261 e. The average Bonchev–Trinajstić information content (AvgIpc) is 3.24. The first-order chi connectivity index (χ1) is 14.0. The van der Waals surface area contributed by atoms with Crippen molar-refractivity contribution in [2.45, 2.75) is 6.92 Å². The zero-order valence-corrected chi connectivity index (χ0v) is 16.3. The summed E-state index contributed by atoms with van der Waals surface area (Å²) < 4.78 is 27.6. The van der Waals surface area contributed by atoms with E-state index in [9.17, 15) is 13.6 Å². The van der Waals surface area contributed by atoms with E-state index < -0.39 is 23.1 Å². The summed E-state index contributed by atoms with van der Waals surface area (Å²) in [5.41, 5.74) is 4.02. The first kappa shape index (κ1) is 19.0. The van der Waals surface area contributed by atoms with Gasteiger partial charge in [-0.05, 0) is 53.9 Å². The lowest BCUT2D eigenvalue weighted by atomic mass is 9.98. The van der Waals surface area contributed by atoms with Crippen molar-refractivity contribution in [2.24, 2.45) is 0 Å². The number of nitrogens with zero attached hydrogens (tertiary/aromatic N) is 1. The summed E-state index contributed by atoms with van der Waals surface area (Å²) >= 11 is 1.58. The zero-order chi connectivity index (χ0) is 20.4. The van der Waals surface area contributed by atoms with Crippen LogP contribution >= 0.6 is 11.3 Å². The molecule has 0 aliphatic rings. The lowest BCUT2D eigenvalue weighted by Crippen LogP contribution is -2.15. The average molecular weight is 406 g/mol. The van der Waals surface area contributed by atoms with E-state index in [-0.39, 0.29) is 0 Å². The van der Waals surface area contributed by atoms with E-state index in [0.717, 1.165) is 39.4 Å². The zero-order valence-electron chi connectivity index (χ0n) is 15.4. The number of rotatable bonds is 4. The summed E-state index contributed by atoms with van der Waals surface area (Å²) in [7, 11) is 0. The number of aryl methyl sites for hydroxylation is 1. The molecule has 1 heterocycles. The lowest BCUT2D eigenvalue weighted by Gasteiger charge is -2.11. The molecule has 144 valence electrons. The fourth-order valence-electron chi connectivity index (χ4n) is 3.07. The Morgan fingerprint density at radius 2 is 1.66 bits per heavy atom. The minimum absolute atomic E-state index is 0.454. The predicted molar refractivity (Wildman–Crippen MR) is 112 cm³/mol. The van der Waals surface area contributed by atoms with Gasteiger partial charge in [-0.15, -0.1) is 11.3 Å². The third-order valence-corrected chi connectivity index (χ3v) is 5.38. The van der Waals surface area contributed by atoms with E-state index in [4.69, 9.17) is 0 Å². The van der Waals surface area contributed by atoms with Crippen molar-refractivity contribution in [1.82, 2.24) is 4.98 Å². The van der Waals surface area contributed by atoms with E-state index in [1.807, 2.05) is 36.6 Å². The molecule has 3 aromatic carbocycles. The van der Waals surface area contributed by atoms with Gasteiger partial charge >= 0.3 is 0 Å². The molecule has 1 N–H and O–H groups in total. The number of benzene rings is 3. The van der Waals surface area contributed by atoms with Crippen LogP contribution in [0.5, 0.6) is 0 Å². The number of nitrogens with one attached hydrogen (secondary N) is 1. The maximum absolute atomic E-state index is 13.8. The highest BCUT2D eigenvalue weighted by atomic mass is 32.1. The normalized spacial score (nSPS) is 10.7. The van der Waals surface area contributed by atoms with Gasteiger partial charge in [0.1, 0.15) is 22.2 Å². The van der Waals surface area contributed by atoms with Crippen molar-refractivity contribution in [3.63, 3.8) is 0 Å². The molecule has 0 spiro atoms. The molecular weight excluding hydrogens is 390 g/mol. The number of carbonyl (C=O) groups is 1. The van der Waals surface area contributed by atoms with Crippen LogP contribution in [0.2, 0.25) is 0 Å². The van der Waals surface area contributed by atoms with E-state index in [1.165, 1.54) is 6.07 Å². The van der Waals surface area contributed by atoms with Crippen molar-refractivity contribution in [1.29, 1.82) is 0 Å². The molecule has 0 bridgehead atoms. The highest BCUT2D eigenvalue weighted by Crippen LogP contribution is 2.31. The van der Waals surface area contributed by atoms with Crippen LogP contribution < -0.4 is 5.32 Å². The van der Waals surface area contributed by atoms with Crippen molar-refractivity contribution in [3.8, 4) is 21.7 Å². The number of thiazole rings is 1. The van der Waals surface area contributed by atoms with Gasteiger partial charge in [0.25, 0.3) is 5.91 Å². The monoisotopic (exact) mass is 406 g/mol. The van der Waals surface area contributed by atoms with Crippen molar-refractivity contribution >= 4 is 22.9 Å². The summed E-state index contributed by atoms with van der Waals surface area (Å²) in [6.07, 6.45) is 1.77. The fourth-order valence-corrected chi connectivity index (χ4v) is 3.71. The van der Waals surface area contributed by atoms with Crippen molar-refractivity contribution in [2.75, 3.05) is 5.32 Å². The Morgan fingerprint density at radius 1 is 0.966 bits per heavy atom. The van der Waals surface area contributed by atoms with Crippen LogP contribution in [-0.2, 0) is 0 Å². The standard InChI is InChI=1S/C23H16F2N2OS/c1-14-5-6-16(23-26-11-12-29-23)13-18(14)15-7-9-17(10-8-15)27-22(28)21-19(24)3-2-4-20(21)25/h2-13H,1H3,(H,27,28). The summed E-state index contributed by atoms with van der Waals surface area (Å²) in [6, 6.07) is 16.6. The third kappa shape index (κ3) is 3.93. The second kappa shape index (κ2) is 7.93. The van der Waals surface area contributed by atoms with Gasteiger partial charge in [-0.25, -0.2) is 13.8 Å². The molecule has 29 heavy (non-hydrogen) atoms. The predicted octanol–water partition coefficient (Wildman–Crippen LogP) is 6.32. The topological polar surface area (TPSA) is 42.0 Å². The number of halogens is 2. The Hall–Kier alpha value is -3.38. The summed E-state index contributed by atoms with van der Waals surface area (Å²) in [5, 5.41) is 5.42. The summed E-state index contributed by atoms with van der Waals surface area (Å²) in [6.45, 7) is 2.03. The molecule has 1 amide bonds. The summed E-state index contributed by atoms with van der Waals surface area (Å²) in [5.74, 6) is -2.61. The van der Waals surface area contributed by atoms with Crippen LogP contribution in [0.25, 0.3) is 21.7 Å². The number of hydrogen-bond acceptors (Lipinski definition) is 3. The molecule has 6 heteroatoms. The second-order valence-corrected chi connectivity index (χ2v) is 7.39. The molecule has 1 aromatic heterocycles. The van der Waals surface area contributed by atoms with Crippen LogP contribution in [0.15, 0.2) is 72.2 Å². The van der Waals surface area contributed by atoms with Crippen LogP contribution in [0.3, 0.4) is 0 Å². The van der Waals surface area contributed by atoms with Crippen LogP contribution in [0.1, 0.15) is 15.9 Å².